The van der Waals surface area contributed by atoms with Gasteiger partial charge in [0.2, 0.25) is 0 Å². The Kier molecular flexibility index (Phi) is 4.97. The van der Waals surface area contributed by atoms with Gasteiger partial charge in [0.15, 0.2) is 17.3 Å². The van der Waals surface area contributed by atoms with Gasteiger partial charge in [0, 0.05) is 23.2 Å². The number of hydrogen-bond donors (Lipinski definition) is 0. The molecule has 1 aromatic heterocycles. The molecular weight excluding hydrogens is 452 g/mol. The summed E-state index contributed by atoms with van der Waals surface area (Å²) >= 11 is 6.10. The van der Waals surface area contributed by atoms with Crippen LogP contribution in [-0.4, -0.2) is 22.8 Å². The quantitative estimate of drug-likeness (QED) is 0.429. The van der Waals surface area contributed by atoms with Crippen LogP contribution in [0.4, 0.5) is 8.78 Å². The van der Waals surface area contributed by atoms with E-state index in [0.717, 1.165) is 5.56 Å². The molecule has 0 spiro atoms. The van der Waals surface area contributed by atoms with E-state index in [2.05, 4.69) is 14.5 Å². The monoisotopic (exact) mass is 469 g/mol. The average Bonchev–Trinajstić information content (AvgIpc) is 3.51. The van der Waals surface area contributed by atoms with Gasteiger partial charge in [-0.05, 0) is 61.7 Å². The van der Waals surface area contributed by atoms with Crippen LogP contribution < -0.4 is 9.47 Å². The van der Waals surface area contributed by atoms with Gasteiger partial charge in [-0.1, -0.05) is 29.8 Å². The Balaban J connectivity index is 1.38. The summed E-state index contributed by atoms with van der Waals surface area (Å²) < 4.78 is 35.7. The molecule has 5 rings (SSSR count). The first-order valence-electron chi connectivity index (χ1n) is 10.4. The molecule has 1 aliphatic carbocycles. The fourth-order valence-electron chi connectivity index (χ4n) is 4.13. The van der Waals surface area contributed by atoms with Crippen LogP contribution in [0, 0.1) is 0 Å². The minimum Gasteiger partial charge on any atom is -0.395 e. The summed E-state index contributed by atoms with van der Waals surface area (Å²) in [6.07, 6.45) is -2.36. The molecule has 0 amide bonds. The van der Waals surface area contributed by atoms with E-state index in [1.54, 1.807) is 42.5 Å². The maximum Gasteiger partial charge on any atom is 0.586 e. The summed E-state index contributed by atoms with van der Waals surface area (Å²) in [4.78, 5) is 29.7. The third kappa shape index (κ3) is 3.97. The molecule has 0 bridgehead atoms. The van der Waals surface area contributed by atoms with Crippen molar-refractivity contribution in [3.8, 4) is 22.8 Å². The third-order valence-corrected chi connectivity index (χ3v) is 6.36. The highest BCUT2D eigenvalue weighted by molar-refractivity contribution is 6.34. The molecule has 0 unspecified atom stereocenters. The summed E-state index contributed by atoms with van der Waals surface area (Å²) in [6.45, 7) is 1.44. The zero-order valence-electron chi connectivity index (χ0n) is 17.5. The molecule has 0 saturated heterocycles. The Morgan fingerprint density at radius 2 is 1.79 bits per heavy atom. The van der Waals surface area contributed by atoms with Crippen molar-refractivity contribution in [2.75, 3.05) is 0 Å². The lowest BCUT2D eigenvalue weighted by Gasteiger charge is -2.15. The number of ketones is 2. The van der Waals surface area contributed by atoms with Gasteiger partial charge < -0.3 is 9.47 Å². The third-order valence-electron chi connectivity index (χ3n) is 6.03. The molecule has 2 aliphatic rings. The fraction of sp³-hybridized carbons (Fsp3) is 0.240. The lowest BCUT2D eigenvalue weighted by molar-refractivity contribution is -0.286. The van der Waals surface area contributed by atoms with Crippen molar-refractivity contribution < 1.29 is 27.8 Å². The van der Waals surface area contributed by atoms with E-state index >= 15 is 0 Å². The van der Waals surface area contributed by atoms with Gasteiger partial charge in [-0.15, -0.1) is 8.78 Å². The number of aromatic nitrogens is 1. The van der Waals surface area contributed by atoms with Crippen molar-refractivity contribution in [2.24, 2.45) is 0 Å². The second kappa shape index (κ2) is 7.63. The molecule has 2 heterocycles. The molecular formula is C25H18ClF2NO4. The normalized spacial score (nSPS) is 17.0. The van der Waals surface area contributed by atoms with Gasteiger partial charge in [-0.2, -0.15) is 0 Å². The first-order valence-corrected chi connectivity index (χ1v) is 10.8. The van der Waals surface area contributed by atoms with Gasteiger partial charge in [0.05, 0.1) is 16.1 Å². The van der Waals surface area contributed by atoms with Crippen LogP contribution >= 0.6 is 11.6 Å². The smallest absolute Gasteiger partial charge is 0.395 e. The van der Waals surface area contributed by atoms with Crippen molar-refractivity contribution in [1.82, 2.24) is 4.98 Å². The molecule has 168 valence electrons. The van der Waals surface area contributed by atoms with Crippen LogP contribution in [0.15, 0.2) is 54.6 Å². The van der Waals surface area contributed by atoms with Gasteiger partial charge in [-0.3, -0.25) is 14.6 Å². The first-order chi connectivity index (χ1) is 15.7. The fourth-order valence-corrected chi connectivity index (χ4v) is 4.38. The number of rotatable bonds is 6. The summed E-state index contributed by atoms with van der Waals surface area (Å²) in [6, 6.07) is 15.0. The SMILES string of the molecule is CC(=O)c1cc(-c2cccc(CC(=O)C3(c4ccc5c(c4)OC(F)(F)O5)CC3)n2)ccc1Cl. The molecule has 2 aromatic carbocycles. The Labute approximate surface area is 193 Å². The highest BCUT2D eigenvalue weighted by Crippen LogP contribution is 2.52. The predicted molar refractivity (Wildman–Crippen MR) is 117 cm³/mol. The second-order valence-corrected chi connectivity index (χ2v) is 8.68. The molecule has 33 heavy (non-hydrogen) atoms. The van der Waals surface area contributed by atoms with Gasteiger partial charge >= 0.3 is 6.29 Å². The molecule has 0 N–H and O–H groups in total. The lowest BCUT2D eigenvalue weighted by atomic mass is 9.88. The van der Waals surface area contributed by atoms with Gasteiger partial charge in [0.1, 0.15) is 5.78 Å². The Hall–Kier alpha value is -3.32. The van der Waals surface area contributed by atoms with Crippen molar-refractivity contribution in [3.05, 3.63) is 76.4 Å². The Morgan fingerprint density at radius 3 is 2.52 bits per heavy atom. The van der Waals surface area contributed by atoms with E-state index in [1.165, 1.54) is 19.1 Å². The molecule has 3 aromatic rings. The van der Waals surface area contributed by atoms with Crippen LogP contribution in [0.2, 0.25) is 5.02 Å². The van der Waals surface area contributed by atoms with Crippen molar-refractivity contribution in [2.45, 2.75) is 37.9 Å². The summed E-state index contributed by atoms with van der Waals surface area (Å²) in [5.74, 6) is -0.307. The van der Waals surface area contributed by atoms with Crippen LogP contribution in [0.3, 0.4) is 0 Å². The average molecular weight is 470 g/mol. The van der Waals surface area contributed by atoms with Gasteiger partial charge in [-0.25, -0.2) is 0 Å². The van der Waals surface area contributed by atoms with Crippen LogP contribution in [0.25, 0.3) is 11.3 Å². The first kappa shape index (κ1) is 21.5. The topological polar surface area (TPSA) is 65.5 Å². The number of carbonyl (C=O) groups excluding carboxylic acids is 2. The second-order valence-electron chi connectivity index (χ2n) is 8.28. The molecule has 8 heteroatoms. The number of hydrogen-bond acceptors (Lipinski definition) is 5. The number of nitrogens with zero attached hydrogens (tertiary/aromatic N) is 1. The van der Waals surface area contributed by atoms with Crippen LogP contribution in [0.1, 0.15) is 41.4 Å². The lowest BCUT2D eigenvalue weighted by Crippen LogP contribution is -2.26. The molecule has 1 fully saturated rings. The Bertz CT molecular complexity index is 1300. The zero-order valence-corrected chi connectivity index (χ0v) is 18.3. The standard InChI is InChI=1S/C25H18ClF2NO4/c1-14(30)18-11-15(5-7-19(18)26)20-4-2-3-17(29-20)13-23(31)24(9-10-24)16-6-8-21-22(12-16)33-25(27,28)32-21/h2-8,11-12H,9-10,13H2,1H3. The zero-order chi connectivity index (χ0) is 23.4. The van der Waals surface area contributed by atoms with Crippen molar-refractivity contribution in [1.29, 1.82) is 0 Å². The number of ether oxygens (including phenoxy) is 2. The summed E-state index contributed by atoms with van der Waals surface area (Å²) in [7, 11) is 0. The van der Waals surface area contributed by atoms with E-state index in [1.807, 2.05) is 0 Å². The van der Waals surface area contributed by atoms with E-state index in [9.17, 15) is 18.4 Å². The van der Waals surface area contributed by atoms with E-state index in [4.69, 9.17) is 11.6 Å². The maximum absolute atomic E-state index is 13.4. The van der Waals surface area contributed by atoms with E-state index in [-0.39, 0.29) is 29.5 Å². The van der Waals surface area contributed by atoms with Crippen LogP contribution in [0.5, 0.6) is 11.5 Å². The number of pyridine rings is 1. The number of Topliss-reactive ketones (excluding diaryl/α,β-unsaturated/α-hetero) is 2. The van der Waals surface area contributed by atoms with E-state index < -0.39 is 11.7 Å². The highest BCUT2D eigenvalue weighted by Gasteiger charge is 2.52. The predicted octanol–water partition coefficient (Wildman–Crippen LogP) is 5.77. The number of fused-ring (bicyclic) bond motifs is 1. The Morgan fingerprint density at radius 1 is 1.03 bits per heavy atom. The largest absolute Gasteiger partial charge is 0.586 e. The molecule has 5 nitrogen and oxygen atoms in total. The van der Waals surface area contributed by atoms with Crippen LogP contribution in [-0.2, 0) is 16.6 Å². The number of alkyl halides is 2. The van der Waals surface area contributed by atoms with Crippen molar-refractivity contribution >= 4 is 23.2 Å². The molecule has 0 radical (unpaired) electrons. The molecule has 1 saturated carbocycles. The summed E-state index contributed by atoms with van der Waals surface area (Å²) in [5.41, 5.74) is 2.22. The molecule has 0 atom stereocenters. The van der Waals surface area contributed by atoms with Crippen molar-refractivity contribution in [3.63, 3.8) is 0 Å². The maximum atomic E-state index is 13.4. The minimum absolute atomic E-state index is 0.0432. The molecule has 1 aliphatic heterocycles. The summed E-state index contributed by atoms with van der Waals surface area (Å²) in [5, 5.41) is 0.370. The van der Waals surface area contributed by atoms with E-state index in [0.29, 0.717) is 40.4 Å². The highest BCUT2D eigenvalue weighted by atomic mass is 35.5. The number of halogens is 3. The number of benzene rings is 2. The number of carbonyl (C=O) groups is 2. The minimum atomic E-state index is -3.70. The van der Waals surface area contributed by atoms with Gasteiger partial charge in [0.25, 0.3) is 0 Å².